The summed E-state index contributed by atoms with van der Waals surface area (Å²) < 4.78 is 21.6. The Labute approximate surface area is 152 Å². The van der Waals surface area contributed by atoms with Crippen molar-refractivity contribution < 1.29 is 23.4 Å². The van der Waals surface area contributed by atoms with E-state index in [4.69, 9.17) is 18.6 Å². The van der Waals surface area contributed by atoms with Gasteiger partial charge in [0.25, 0.3) is 5.91 Å². The summed E-state index contributed by atoms with van der Waals surface area (Å²) in [5.41, 5.74) is 0.287. The second kappa shape index (κ2) is 8.09. The standard InChI is InChI=1S/C18H23N3O5/c1-4-21(8-7-20(2)3)18(22)14-10-24-17(19-14)11-23-13-5-6-15-16(9-13)26-12-25-15/h5-6,9-10H,4,7-8,11-12H2,1-3H3. The van der Waals surface area contributed by atoms with Crippen LogP contribution < -0.4 is 14.2 Å². The van der Waals surface area contributed by atoms with Gasteiger partial charge in [0.05, 0.1) is 0 Å². The Hall–Kier alpha value is -2.74. The number of hydrogen-bond acceptors (Lipinski definition) is 7. The van der Waals surface area contributed by atoms with E-state index in [1.54, 1.807) is 23.1 Å². The number of nitrogens with zero attached hydrogens (tertiary/aromatic N) is 3. The average molecular weight is 361 g/mol. The van der Waals surface area contributed by atoms with E-state index in [1.165, 1.54) is 6.26 Å². The molecule has 1 aliphatic heterocycles. The van der Waals surface area contributed by atoms with Crippen molar-refractivity contribution in [1.29, 1.82) is 0 Å². The highest BCUT2D eigenvalue weighted by Crippen LogP contribution is 2.35. The minimum atomic E-state index is -0.146. The molecule has 26 heavy (non-hydrogen) atoms. The van der Waals surface area contributed by atoms with Gasteiger partial charge in [0.2, 0.25) is 12.7 Å². The fourth-order valence-corrected chi connectivity index (χ4v) is 2.47. The summed E-state index contributed by atoms with van der Waals surface area (Å²) >= 11 is 0. The van der Waals surface area contributed by atoms with E-state index < -0.39 is 0 Å². The van der Waals surface area contributed by atoms with Crippen molar-refractivity contribution in [3.05, 3.63) is 36.0 Å². The van der Waals surface area contributed by atoms with E-state index in [2.05, 4.69) is 4.98 Å². The minimum absolute atomic E-state index is 0.122. The molecule has 2 heterocycles. The van der Waals surface area contributed by atoms with Gasteiger partial charge in [-0.1, -0.05) is 0 Å². The number of ether oxygens (including phenoxy) is 3. The van der Waals surface area contributed by atoms with E-state index in [9.17, 15) is 4.79 Å². The van der Waals surface area contributed by atoms with Crippen LogP contribution in [0.15, 0.2) is 28.9 Å². The first-order chi connectivity index (χ1) is 12.6. The molecule has 0 fully saturated rings. The summed E-state index contributed by atoms with van der Waals surface area (Å²) in [6, 6.07) is 5.31. The summed E-state index contributed by atoms with van der Waals surface area (Å²) in [4.78, 5) is 20.5. The molecule has 3 rings (SSSR count). The van der Waals surface area contributed by atoms with Gasteiger partial charge in [-0.2, -0.15) is 0 Å². The molecule has 0 saturated carbocycles. The molecule has 0 radical (unpaired) electrons. The van der Waals surface area contributed by atoms with Crippen LogP contribution in [-0.2, 0) is 6.61 Å². The quantitative estimate of drug-likeness (QED) is 0.712. The molecule has 1 aromatic heterocycles. The van der Waals surface area contributed by atoms with Crippen molar-refractivity contribution in [3.8, 4) is 17.2 Å². The number of oxazole rings is 1. The maximum absolute atomic E-state index is 12.5. The van der Waals surface area contributed by atoms with Crippen LogP contribution in [0, 0.1) is 0 Å². The van der Waals surface area contributed by atoms with Gasteiger partial charge in [-0.3, -0.25) is 4.79 Å². The zero-order valence-corrected chi connectivity index (χ0v) is 15.2. The lowest BCUT2D eigenvalue weighted by molar-refractivity contribution is 0.0748. The van der Waals surface area contributed by atoms with Crippen molar-refractivity contribution >= 4 is 5.91 Å². The molecular weight excluding hydrogens is 338 g/mol. The van der Waals surface area contributed by atoms with Gasteiger partial charge in [0.1, 0.15) is 12.0 Å². The first-order valence-electron chi connectivity index (χ1n) is 8.47. The van der Waals surface area contributed by atoms with Crippen LogP contribution in [0.25, 0.3) is 0 Å². The summed E-state index contributed by atoms with van der Waals surface area (Å²) in [6.07, 6.45) is 1.37. The van der Waals surface area contributed by atoms with Crippen molar-refractivity contribution in [2.75, 3.05) is 40.5 Å². The van der Waals surface area contributed by atoms with Crippen LogP contribution >= 0.6 is 0 Å². The molecule has 1 aliphatic rings. The number of amides is 1. The lowest BCUT2D eigenvalue weighted by atomic mass is 10.3. The van der Waals surface area contributed by atoms with Crippen molar-refractivity contribution in [1.82, 2.24) is 14.8 Å². The molecule has 0 saturated heterocycles. The van der Waals surface area contributed by atoms with Crippen molar-refractivity contribution in [2.45, 2.75) is 13.5 Å². The normalized spacial score (nSPS) is 12.5. The molecule has 8 nitrogen and oxygen atoms in total. The second-order valence-electron chi connectivity index (χ2n) is 6.12. The van der Waals surface area contributed by atoms with E-state index in [0.29, 0.717) is 36.2 Å². The van der Waals surface area contributed by atoms with Gasteiger partial charge < -0.3 is 28.4 Å². The molecular formula is C18H23N3O5. The summed E-state index contributed by atoms with van der Waals surface area (Å²) in [5.74, 6) is 2.15. The Bertz CT molecular complexity index is 759. The number of carbonyl (C=O) groups is 1. The molecule has 0 bridgehead atoms. The molecule has 0 atom stereocenters. The van der Waals surface area contributed by atoms with Crippen molar-refractivity contribution in [2.24, 2.45) is 0 Å². The molecule has 0 unspecified atom stereocenters. The van der Waals surface area contributed by atoms with Gasteiger partial charge >= 0.3 is 0 Å². The Balaban J connectivity index is 1.58. The lowest BCUT2D eigenvalue weighted by Gasteiger charge is -2.21. The predicted molar refractivity (Wildman–Crippen MR) is 93.5 cm³/mol. The van der Waals surface area contributed by atoms with E-state index in [0.717, 1.165) is 6.54 Å². The molecule has 0 N–H and O–H groups in total. The fraction of sp³-hybridized carbons (Fsp3) is 0.444. The van der Waals surface area contributed by atoms with Crippen LogP contribution in [-0.4, -0.2) is 61.2 Å². The number of carbonyl (C=O) groups excluding carboxylic acids is 1. The van der Waals surface area contributed by atoms with Crippen LogP contribution in [0.3, 0.4) is 0 Å². The number of hydrogen-bond donors (Lipinski definition) is 0. The first-order valence-corrected chi connectivity index (χ1v) is 8.47. The van der Waals surface area contributed by atoms with Gasteiger partial charge in [0.15, 0.2) is 23.8 Å². The average Bonchev–Trinajstić information content (AvgIpc) is 3.28. The molecule has 1 aromatic carbocycles. The molecule has 8 heteroatoms. The highest BCUT2D eigenvalue weighted by Gasteiger charge is 2.19. The molecule has 140 valence electrons. The van der Waals surface area contributed by atoms with Gasteiger partial charge in [0, 0.05) is 25.7 Å². The maximum atomic E-state index is 12.5. The largest absolute Gasteiger partial charge is 0.484 e. The van der Waals surface area contributed by atoms with E-state index >= 15 is 0 Å². The van der Waals surface area contributed by atoms with Crippen LogP contribution in [0.1, 0.15) is 23.3 Å². The van der Waals surface area contributed by atoms with Crippen LogP contribution in [0.5, 0.6) is 17.2 Å². The summed E-state index contributed by atoms with van der Waals surface area (Å²) in [5, 5.41) is 0. The van der Waals surface area contributed by atoms with E-state index in [1.807, 2.05) is 25.9 Å². The third-order valence-corrected chi connectivity index (χ3v) is 3.96. The molecule has 2 aromatic rings. The fourth-order valence-electron chi connectivity index (χ4n) is 2.47. The Kier molecular flexibility index (Phi) is 5.62. The summed E-state index contributed by atoms with van der Waals surface area (Å²) in [7, 11) is 3.94. The molecule has 0 aliphatic carbocycles. The topological polar surface area (TPSA) is 77.3 Å². The number of rotatable bonds is 8. The van der Waals surface area contributed by atoms with Gasteiger partial charge in [-0.25, -0.2) is 4.98 Å². The maximum Gasteiger partial charge on any atom is 0.275 e. The third kappa shape index (κ3) is 4.26. The Morgan fingerprint density at radius 1 is 1.23 bits per heavy atom. The number of aromatic nitrogens is 1. The highest BCUT2D eigenvalue weighted by atomic mass is 16.7. The SMILES string of the molecule is CCN(CCN(C)C)C(=O)c1coc(COc2ccc3c(c2)OCO3)n1. The monoisotopic (exact) mass is 361 g/mol. The zero-order valence-electron chi connectivity index (χ0n) is 15.2. The van der Waals surface area contributed by atoms with Crippen molar-refractivity contribution in [3.63, 3.8) is 0 Å². The first kappa shape index (κ1) is 18.1. The number of likely N-dealkylation sites (N-methyl/N-ethyl adjacent to an activating group) is 2. The zero-order chi connectivity index (χ0) is 18.5. The highest BCUT2D eigenvalue weighted by molar-refractivity contribution is 5.91. The number of fused-ring (bicyclic) bond motifs is 1. The van der Waals surface area contributed by atoms with Crippen LogP contribution in [0.2, 0.25) is 0 Å². The van der Waals surface area contributed by atoms with Gasteiger partial charge in [-0.15, -0.1) is 0 Å². The van der Waals surface area contributed by atoms with Crippen LogP contribution in [0.4, 0.5) is 0 Å². The lowest BCUT2D eigenvalue weighted by Crippen LogP contribution is -2.36. The Morgan fingerprint density at radius 3 is 2.81 bits per heavy atom. The third-order valence-electron chi connectivity index (χ3n) is 3.96. The number of benzene rings is 1. The molecule has 1 amide bonds. The summed E-state index contributed by atoms with van der Waals surface area (Å²) in [6.45, 7) is 4.32. The minimum Gasteiger partial charge on any atom is -0.484 e. The smallest absolute Gasteiger partial charge is 0.275 e. The molecule has 0 spiro atoms. The predicted octanol–water partition coefficient (Wildman–Crippen LogP) is 2.01. The van der Waals surface area contributed by atoms with E-state index in [-0.39, 0.29) is 25.0 Å². The second-order valence-corrected chi connectivity index (χ2v) is 6.12. The van der Waals surface area contributed by atoms with Gasteiger partial charge in [-0.05, 0) is 33.2 Å². The Morgan fingerprint density at radius 2 is 2.04 bits per heavy atom.